The minimum atomic E-state index is -3.50. The van der Waals surface area contributed by atoms with E-state index in [2.05, 4.69) is 10.3 Å². The Morgan fingerprint density at radius 1 is 1.33 bits per heavy atom. The van der Waals surface area contributed by atoms with E-state index >= 15 is 0 Å². The Bertz CT molecular complexity index is 807. The Balaban J connectivity index is 0.00000208. The molecule has 2 atom stereocenters. The summed E-state index contributed by atoms with van der Waals surface area (Å²) in [6.07, 6.45) is 0. The van der Waals surface area contributed by atoms with E-state index < -0.39 is 10.0 Å². The van der Waals surface area contributed by atoms with Gasteiger partial charge >= 0.3 is 0 Å². The summed E-state index contributed by atoms with van der Waals surface area (Å²) in [7, 11) is -3.50. The van der Waals surface area contributed by atoms with Crippen LogP contribution in [0.4, 0.5) is 0 Å². The molecule has 0 bridgehead atoms. The molecule has 0 amide bonds. The minimum absolute atomic E-state index is 0. The van der Waals surface area contributed by atoms with E-state index in [1.165, 1.54) is 11.3 Å². The van der Waals surface area contributed by atoms with Crippen molar-refractivity contribution in [2.24, 2.45) is 0 Å². The first-order chi connectivity index (χ1) is 10.9. The average Bonchev–Trinajstić information content (AvgIpc) is 2.96. The summed E-state index contributed by atoms with van der Waals surface area (Å²) in [4.78, 5) is 4.78. The van der Waals surface area contributed by atoms with Crippen LogP contribution in [-0.2, 0) is 10.0 Å². The van der Waals surface area contributed by atoms with Gasteiger partial charge in [0, 0.05) is 41.8 Å². The molecule has 1 aliphatic heterocycles. The van der Waals surface area contributed by atoms with Gasteiger partial charge in [0.05, 0.1) is 4.90 Å². The lowest BCUT2D eigenvalue weighted by Crippen LogP contribution is -2.57. The summed E-state index contributed by atoms with van der Waals surface area (Å²) in [5.74, 6) is 0. The van der Waals surface area contributed by atoms with Gasteiger partial charge in [-0.25, -0.2) is 13.4 Å². The topological polar surface area (TPSA) is 62.3 Å². The summed E-state index contributed by atoms with van der Waals surface area (Å²) in [6, 6.07) is 7.16. The van der Waals surface area contributed by atoms with Gasteiger partial charge in [-0.15, -0.1) is 23.7 Å². The number of benzene rings is 1. The van der Waals surface area contributed by atoms with Crippen molar-refractivity contribution in [3.63, 3.8) is 0 Å². The number of aryl methyl sites for hydroxylation is 1. The number of aromatic nitrogens is 1. The number of nitrogens with one attached hydrogen (secondary N) is 1. The fraction of sp³-hybridized carbons (Fsp3) is 0.438. The molecule has 24 heavy (non-hydrogen) atoms. The van der Waals surface area contributed by atoms with E-state index in [1.807, 2.05) is 32.2 Å². The highest BCUT2D eigenvalue weighted by Gasteiger charge is 2.34. The summed E-state index contributed by atoms with van der Waals surface area (Å²) < 4.78 is 27.6. The molecule has 132 valence electrons. The van der Waals surface area contributed by atoms with Crippen LogP contribution in [-0.4, -0.2) is 42.9 Å². The molecule has 1 aromatic carbocycles. The third-order valence-corrected chi connectivity index (χ3v) is 7.27. The minimum Gasteiger partial charge on any atom is -0.311 e. The lowest BCUT2D eigenvalue weighted by atomic mass is 10.1. The molecule has 5 nitrogen and oxygen atoms in total. The van der Waals surface area contributed by atoms with Gasteiger partial charge in [-0.3, -0.25) is 0 Å². The van der Waals surface area contributed by atoms with E-state index in [1.54, 1.807) is 22.5 Å². The van der Waals surface area contributed by atoms with Crippen LogP contribution in [0.1, 0.15) is 19.5 Å². The van der Waals surface area contributed by atoms with Gasteiger partial charge < -0.3 is 5.32 Å². The SMILES string of the molecule is Cc1csc(-c2cccc(S(=O)(=O)N3CCNC(C)C3C)c2)n1.Cl. The highest BCUT2D eigenvalue weighted by Crippen LogP contribution is 2.28. The molecule has 2 unspecified atom stereocenters. The Morgan fingerprint density at radius 2 is 2.08 bits per heavy atom. The van der Waals surface area contributed by atoms with Crippen LogP contribution in [0.3, 0.4) is 0 Å². The molecule has 8 heteroatoms. The molecule has 1 N–H and O–H groups in total. The normalized spacial score (nSPS) is 22.1. The van der Waals surface area contributed by atoms with E-state index in [0.29, 0.717) is 18.0 Å². The number of hydrogen-bond donors (Lipinski definition) is 1. The van der Waals surface area contributed by atoms with Gasteiger partial charge in [0.1, 0.15) is 5.01 Å². The summed E-state index contributed by atoms with van der Waals surface area (Å²) in [5.41, 5.74) is 1.79. The molecule has 3 rings (SSSR count). The maximum absolute atomic E-state index is 13.0. The fourth-order valence-corrected chi connectivity index (χ4v) is 5.32. The molecule has 0 radical (unpaired) electrons. The van der Waals surface area contributed by atoms with Crippen LogP contribution >= 0.6 is 23.7 Å². The maximum Gasteiger partial charge on any atom is 0.243 e. The zero-order valence-corrected chi connectivity index (χ0v) is 16.3. The van der Waals surface area contributed by atoms with Crippen molar-refractivity contribution < 1.29 is 8.42 Å². The van der Waals surface area contributed by atoms with E-state index in [0.717, 1.165) is 16.3 Å². The lowest BCUT2D eigenvalue weighted by molar-refractivity contribution is 0.233. The molecular weight excluding hydrogens is 366 g/mol. The van der Waals surface area contributed by atoms with E-state index in [4.69, 9.17) is 0 Å². The highest BCUT2D eigenvalue weighted by atomic mass is 35.5. The van der Waals surface area contributed by atoms with Crippen LogP contribution in [0.2, 0.25) is 0 Å². The second-order valence-corrected chi connectivity index (χ2v) is 8.67. The Hall–Kier alpha value is -0.990. The van der Waals surface area contributed by atoms with Gasteiger partial charge in [0.2, 0.25) is 10.0 Å². The molecule has 1 aromatic heterocycles. The summed E-state index contributed by atoms with van der Waals surface area (Å²) in [6.45, 7) is 7.07. The molecule has 0 saturated carbocycles. The molecule has 1 saturated heterocycles. The number of thiazole rings is 1. The van der Waals surface area contributed by atoms with Crippen molar-refractivity contribution in [1.82, 2.24) is 14.6 Å². The van der Waals surface area contributed by atoms with Crippen LogP contribution in [0, 0.1) is 6.92 Å². The summed E-state index contributed by atoms with van der Waals surface area (Å²) >= 11 is 1.53. The summed E-state index contributed by atoms with van der Waals surface area (Å²) in [5, 5.41) is 6.13. The maximum atomic E-state index is 13.0. The van der Waals surface area contributed by atoms with Gasteiger partial charge in [-0.2, -0.15) is 4.31 Å². The first kappa shape index (κ1) is 19.3. The fourth-order valence-electron chi connectivity index (χ4n) is 2.78. The molecule has 2 heterocycles. The Morgan fingerprint density at radius 3 is 2.75 bits per heavy atom. The van der Waals surface area contributed by atoms with Crippen molar-refractivity contribution in [2.45, 2.75) is 37.8 Å². The quantitative estimate of drug-likeness (QED) is 0.879. The van der Waals surface area contributed by atoms with Crippen LogP contribution in [0.15, 0.2) is 34.5 Å². The monoisotopic (exact) mass is 387 g/mol. The second-order valence-electron chi connectivity index (χ2n) is 5.92. The number of hydrogen-bond acceptors (Lipinski definition) is 5. The average molecular weight is 388 g/mol. The zero-order chi connectivity index (χ0) is 16.6. The number of sulfonamides is 1. The first-order valence-electron chi connectivity index (χ1n) is 7.67. The van der Waals surface area contributed by atoms with E-state index in [9.17, 15) is 8.42 Å². The number of rotatable bonds is 3. The van der Waals surface area contributed by atoms with Gasteiger partial charge in [-0.1, -0.05) is 12.1 Å². The van der Waals surface area contributed by atoms with Crippen molar-refractivity contribution >= 4 is 33.8 Å². The van der Waals surface area contributed by atoms with Gasteiger partial charge in [0.15, 0.2) is 0 Å². The molecule has 1 fully saturated rings. The highest BCUT2D eigenvalue weighted by molar-refractivity contribution is 7.89. The zero-order valence-electron chi connectivity index (χ0n) is 13.9. The standard InChI is InChI=1S/C16H21N3O2S2.ClH/c1-11-10-22-16(18-11)14-5-4-6-15(9-14)23(20,21)19-8-7-17-12(2)13(19)3;/h4-6,9-10,12-13,17H,7-8H2,1-3H3;1H. The first-order valence-corrected chi connectivity index (χ1v) is 9.99. The third-order valence-electron chi connectivity index (χ3n) is 4.28. The molecule has 0 spiro atoms. The molecule has 2 aromatic rings. The molecule has 1 aliphatic rings. The van der Waals surface area contributed by atoms with Crippen molar-refractivity contribution in [3.8, 4) is 10.6 Å². The number of nitrogens with zero attached hydrogens (tertiary/aromatic N) is 2. The number of halogens is 1. The predicted octanol–water partition coefficient (Wildman–Crippen LogP) is 2.91. The van der Waals surface area contributed by atoms with Gasteiger partial charge in [-0.05, 0) is 32.9 Å². The van der Waals surface area contributed by atoms with Crippen LogP contribution in [0.5, 0.6) is 0 Å². The number of piperazine rings is 1. The predicted molar refractivity (Wildman–Crippen MR) is 100 cm³/mol. The Kier molecular flexibility index (Phi) is 6.04. The molecular formula is C16H22ClN3O2S2. The molecule has 0 aliphatic carbocycles. The third kappa shape index (κ3) is 3.65. The Labute approximate surface area is 153 Å². The van der Waals surface area contributed by atoms with Crippen molar-refractivity contribution in [2.75, 3.05) is 13.1 Å². The van der Waals surface area contributed by atoms with Crippen LogP contribution < -0.4 is 5.32 Å². The smallest absolute Gasteiger partial charge is 0.243 e. The van der Waals surface area contributed by atoms with Crippen LogP contribution in [0.25, 0.3) is 10.6 Å². The van der Waals surface area contributed by atoms with Crippen molar-refractivity contribution in [3.05, 3.63) is 35.3 Å². The largest absolute Gasteiger partial charge is 0.311 e. The lowest BCUT2D eigenvalue weighted by Gasteiger charge is -2.37. The second kappa shape index (κ2) is 7.49. The van der Waals surface area contributed by atoms with E-state index in [-0.39, 0.29) is 24.5 Å². The van der Waals surface area contributed by atoms with Gasteiger partial charge in [0.25, 0.3) is 0 Å². The van der Waals surface area contributed by atoms with Crippen molar-refractivity contribution in [1.29, 1.82) is 0 Å².